The molecule has 0 saturated carbocycles. The van der Waals surface area contributed by atoms with E-state index in [0.717, 1.165) is 0 Å². The number of ether oxygens (including phenoxy) is 2. The fraction of sp³-hybridized carbons (Fsp3) is 0.417. The van der Waals surface area contributed by atoms with Crippen molar-refractivity contribution in [1.82, 2.24) is 4.90 Å². The van der Waals surface area contributed by atoms with E-state index in [9.17, 15) is 9.18 Å². The Morgan fingerprint density at radius 2 is 2.39 bits per heavy atom. The Morgan fingerprint density at radius 1 is 1.61 bits per heavy atom. The zero-order chi connectivity index (χ0) is 13.1. The van der Waals surface area contributed by atoms with E-state index in [1.165, 1.54) is 17.0 Å². The number of carbonyl (C=O) groups excluding carboxylic acids is 1. The van der Waals surface area contributed by atoms with Crippen molar-refractivity contribution in [2.24, 2.45) is 0 Å². The second kappa shape index (κ2) is 5.44. The molecule has 98 valence electrons. The van der Waals surface area contributed by atoms with Gasteiger partial charge in [-0.15, -0.1) is 0 Å². The van der Waals surface area contributed by atoms with Gasteiger partial charge < -0.3 is 14.4 Å². The molecule has 0 radical (unpaired) electrons. The molecule has 18 heavy (non-hydrogen) atoms. The van der Waals surface area contributed by atoms with Crippen LogP contribution in [0.1, 0.15) is 12.5 Å². The van der Waals surface area contributed by atoms with Gasteiger partial charge in [-0.1, -0.05) is 11.6 Å². The van der Waals surface area contributed by atoms with E-state index in [1.807, 2.05) is 0 Å². The summed E-state index contributed by atoms with van der Waals surface area (Å²) in [5.41, 5.74) is 0.285. The van der Waals surface area contributed by atoms with E-state index in [0.29, 0.717) is 17.3 Å². The lowest BCUT2D eigenvalue weighted by atomic mass is 10.2. The van der Waals surface area contributed by atoms with Crippen molar-refractivity contribution in [3.8, 4) is 5.75 Å². The molecule has 1 heterocycles. The number of nitrogens with zero attached hydrogens (tertiary/aromatic N) is 1. The van der Waals surface area contributed by atoms with Crippen LogP contribution >= 0.6 is 11.6 Å². The molecule has 0 atom stereocenters. The number of carbonyl (C=O) groups is 1. The summed E-state index contributed by atoms with van der Waals surface area (Å²) in [6, 6.07) is 2.70. The van der Waals surface area contributed by atoms with Crippen LogP contribution in [0.5, 0.6) is 5.75 Å². The fourth-order valence-electron chi connectivity index (χ4n) is 1.78. The maximum Gasteiger partial charge on any atom is 0.410 e. The molecule has 1 aliphatic heterocycles. The molecule has 0 fully saturated rings. The third kappa shape index (κ3) is 2.51. The molecule has 0 aliphatic carbocycles. The van der Waals surface area contributed by atoms with Crippen LogP contribution in [0.25, 0.3) is 0 Å². The summed E-state index contributed by atoms with van der Waals surface area (Å²) in [4.78, 5) is 13.0. The summed E-state index contributed by atoms with van der Waals surface area (Å²) >= 11 is 5.95. The van der Waals surface area contributed by atoms with Gasteiger partial charge in [0.2, 0.25) is 0 Å². The van der Waals surface area contributed by atoms with Crippen molar-refractivity contribution in [2.75, 3.05) is 19.8 Å². The Kier molecular flexibility index (Phi) is 3.91. The number of benzene rings is 1. The van der Waals surface area contributed by atoms with Crippen LogP contribution in [0, 0.1) is 5.82 Å². The van der Waals surface area contributed by atoms with Crippen LogP contribution in [-0.2, 0) is 11.3 Å². The predicted molar refractivity (Wildman–Crippen MR) is 64.3 cm³/mol. The number of amides is 1. The van der Waals surface area contributed by atoms with Gasteiger partial charge in [-0.2, -0.15) is 0 Å². The fourth-order valence-corrected chi connectivity index (χ4v) is 2.01. The van der Waals surface area contributed by atoms with Crippen LogP contribution in [0.15, 0.2) is 12.1 Å². The molecule has 0 N–H and O–H groups in total. The topological polar surface area (TPSA) is 38.8 Å². The molecule has 0 bridgehead atoms. The number of hydrogen-bond acceptors (Lipinski definition) is 3. The molecule has 0 spiro atoms. The van der Waals surface area contributed by atoms with Crippen molar-refractivity contribution in [2.45, 2.75) is 13.5 Å². The molecular formula is C12H13ClFNO3. The van der Waals surface area contributed by atoms with Crippen molar-refractivity contribution in [3.63, 3.8) is 0 Å². The number of fused-ring (bicyclic) bond motifs is 1. The van der Waals surface area contributed by atoms with Crippen molar-refractivity contribution in [3.05, 3.63) is 28.5 Å². The minimum atomic E-state index is -0.478. The van der Waals surface area contributed by atoms with Crippen molar-refractivity contribution < 1.29 is 18.7 Å². The monoisotopic (exact) mass is 273 g/mol. The Labute approximate surface area is 109 Å². The van der Waals surface area contributed by atoms with Gasteiger partial charge in [0, 0.05) is 0 Å². The zero-order valence-corrected chi connectivity index (χ0v) is 10.7. The average molecular weight is 274 g/mol. The second-order valence-electron chi connectivity index (χ2n) is 3.81. The third-order valence-corrected chi connectivity index (χ3v) is 2.94. The highest BCUT2D eigenvalue weighted by Crippen LogP contribution is 2.33. The molecule has 6 heteroatoms. The van der Waals surface area contributed by atoms with E-state index in [-0.39, 0.29) is 25.3 Å². The summed E-state index contributed by atoms with van der Waals surface area (Å²) in [6.07, 6.45) is -0.478. The molecular weight excluding hydrogens is 261 g/mol. The van der Waals surface area contributed by atoms with Gasteiger partial charge in [-0.25, -0.2) is 9.18 Å². The van der Waals surface area contributed by atoms with E-state index < -0.39 is 11.9 Å². The summed E-state index contributed by atoms with van der Waals surface area (Å²) in [6.45, 7) is 2.69. The van der Waals surface area contributed by atoms with E-state index in [4.69, 9.17) is 21.1 Å². The van der Waals surface area contributed by atoms with E-state index >= 15 is 0 Å². The van der Waals surface area contributed by atoms with E-state index in [2.05, 4.69) is 0 Å². The minimum Gasteiger partial charge on any atom is -0.490 e. The molecule has 2 rings (SSSR count). The van der Waals surface area contributed by atoms with Crippen LogP contribution in [-0.4, -0.2) is 30.8 Å². The highest BCUT2D eigenvalue weighted by molar-refractivity contribution is 6.32. The van der Waals surface area contributed by atoms with Gasteiger partial charge in [0.05, 0.1) is 30.3 Å². The van der Waals surface area contributed by atoms with Gasteiger partial charge in [0.25, 0.3) is 0 Å². The Bertz CT molecular complexity index is 467. The first-order valence-electron chi connectivity index (χ1n) is 5.65. The molecule has 1 aliphatic rings. The summed E-state index contributed by atoms with van der Waals surface area (Å²) in [7, 11) is 0. The van der Waals surface area contributed by atoms with Crippen LogP contribution in [0.4, 0.5) is 9.18 Å². The van der Waals surface area contributed by atoms with Crippen LogP contribution in [0.2, 0.25) is 5.02 Å². The van der Waals surface area contributed by atoms with Gasteiger partial charge in [-0.05, 0) is 19.1 Å². The van der Waals surface area contributed by atoms with Gasteiger partial charge >= 0.3 is 6.09 Å². The van der Waals surface area contributed by atoms with Crippen LogP contribution in [0.3, 0.4) is 0 Å². The maximum atomic E-state index is 13.7. The summed E-state index contributed by atoms with van der Waals surface area (Å²) in [5, 5.41) is 0.345. The Balaban J connectivity index is 2.29. The SMILES string of the molecule is CCOC(=O)N1CCOc2c(Cl)ccc(F)c2C1. The molecule has 1 aromatic rings. The second-order valence-corrected chi connectivity index (χ2v) is 4.21. The van der Waals surface area contributed by atoms with Gasteiger partial charge in [0.15, 0.2) is 0 Å². The molecule has 0 aromatic heterocycles. The van der Waals surface area contributed by atoms with Gasteiger partial charge in [0.1, 0.15) is 18.2 Å². The first-order chi connectivity index (χ1) is 8.63. The number of hydrogen-bond donors (Lipinski definition) is 0. The molecule has 0 saturated heterocycles. The largest absolute Gasteiger partial charge is 0.490 e. The normalized spacial score (nSPS) is 14.5. The lowest BCUT2D eigenvalue weighted by Gasteiger charge is -2.18. The van der Waals surface area contributed by atoms with E-state index in [1.54, 1.807) is 6.92 Å². The number of halogens is 2. The van der Waals surface area contributed by atoms with Gasteiger partial charge in [-0.3, -0.25) is 0 Å². The lowest BCUT2D eigenvalue weighted by molar-refractivity contribution is 0.101. The van der Waals surface area contributed by atoms with Crippen molar-refractivity contribution >= 4 is 17.7 Å². The quantitative estimate of drug-likeness (QED) is 0.790. The molecule has 0 unspecified atom stereocenters. The predicted octanol–water partition coefficient (Wildman–Crippen LogP) is 2.83. The zero-order valence-electron chi connectivity index (χ0n) is 9.91. The highest BCUT2D eigenvalue weighted by Gasteiger charge is 2.24. The smallest absolute Gasteiger partial charge is 0.410 e. The third-order valence-electron chi connectivity index (χ3n) is 2.64. The van der Waals surface area contributed by atoms with Crippen LogP contribution < -0.4 is 4.74 Å². The standard InChI is InChI=1S/C12H13ClFNO3/c1-2-17-12(16)15-5-6-18-11-8(7-15)10(14)4-3-9(11)13/h3-4H,2,5-7H2,1H3. The molecule has 1 amide bonds. The lowest BCUT2D eigenvalue weighted by Crippen LogP contribution is -2.33. The number of rotatable bonds is 1. The minimum absolute atomic E-state index is 0.0978. The summed E-state index contributed by atoms with van der Waals surface area (Å²) < 4.78 is 24.0. The maximum absolute atomic E-state index is 13.7. The average Bonchev–Trinajstić information content (AvgIpc) is 2.58. The first kappa shape index (κ1) is 13.0. The van der Waals surface area contributed by atoms with Crippen molar-refractivity contribution in [1.29, 1.82) is 0 Å². The molecule has 4 nitrogen and oxygen atoms in total. The summed E-state index contributed by atoms with van der Waals surface area (Å²) in [5.74, 6) is -0.130. The Morgan fingerprint density at radius 3 is 3.11 bits per heavy atom. The Hall–Kier alpha value is -1.49. The molecule has 1 aromatic carbocycles. The first-order valence-corrected chi connectivity index (χ1v) is 6.02. The highest BCUT2D eigenvalue weighted by atomic mass is 35.5.